The number of nitrogens with zero attached hydrogens (tertiary/aromatic N) is 7. The van der Waals surface area contributed by atoms with Gasteiger partial charge in [0.25, 0.3) is 5.91 Å². The number of piperazine rings is 2. The topological polar surface area (TPSA) is 108 Å². The highest BCUT2D eigenvalue weighted by Gasteiger charge is 2.40. The summed E-state index contributed by atoms with van der Waals surface area (Å²) < 4.78 is 57.0. The van der Waals surface area contributed by atoms with Crippen molar-refractivity contribution >= 4 is 35.9 Å². The first kappa shape index (κ1) is 46.2. The summed E-state index contributed by atoms with van der Waals surface area (Å²) in [6.45, 7) is 9.14. The Labute approximate surface area is 355 Å². The van der Waals surface area contributed by atoms with Crippen molar-refractivity contribution in [3.05, 3.63) is 119 Å². The summed E-state index contributed by atoms with van der Waals surface area (Å²) >= 11 is 0. The number of carboxylic acid groups (broad SMARTS) is 1. The van der Waals surface area contributed by atoms with Crippen LogP contribution in [0.3, 0.4) is 0 Å². The number of amides is 1. The van der Waals surface area contributed by atoms with Crippen LogP contribution >= 0.6 is 12.4 Å². The maximum atomic E-state index is 15.3. The van der Waals surface area contributed by atoms with E-state index in [-0.39, 0.29) is 61.1 Å². The van der Waals surface area contributed by atoms with Crippen LogP contribution in [0, 0.1) is 11.6 Å². The highest BCUT2D eigenvalue weighted by Crippen LogP contribution is 2.39. The second kappa shape index (κ2) is 21.1. The van der Waals surface area contributed by atoms with Crippen molar-refractivity contribution in [3.63, 3.8) is 0 Å². The van der Waals surface area contributed by atoms with Gasteiger partial charge < -0.3 is 34.9 Å². The molecular weight excluding hydrogens is 800 g/mol. The molecule has 11 nitrogen and oxygen atoms in total. The van der Waals surface area contributed by atoms with E-state index in [1.807, 2.05) is 18.2 Å². The Morgan fingerprint density at radius 3 is 1.45 bits per heavy atom. The number of anilines is 2. The molecular formula is C44H55ClF4N8O3. The number of aromatic nitrogens is 2. The molecule has 4 aromatic rings. The highest BCUT2D eigenvalue weighted by molar-refractivity contribution is 5.92. The van der Waals surface area contributed by atoms with Crippen molar-refractivity contribution in [3.8, 4) is 0 Å². The van der Waals surface area contributed by atoms with Crippen molar-refractivity contribution < 1.29 is 32.3 Å². The lowest BCUT2D eigenvalue weighted by Crippen LogP contribution is -2.45. The van der Waals surface area contributed by atoms with Crippen molar-refractivity contribution in [1.82, 2.24) is 30.0 Å². The lowest BCUT2D eigenvalue weighted by atomic mass is 9.85. The van der Waals surface area contributed by atoms with Crippen LogP contribution in [0.25, 0.3) is 0 Å². The third-order valence-corrected chi connectivity index (χ3v) is 11.5. The normalized spacial score (nSPS) is 19.1. The zero-order chi connectivity index (χ0) is 42.0. The number of nitrogens with one attached hydrogen (secondary N) is 1. The smallest absolute Gasteiger partial charge is 0.354 e. The molecule has 8 rings (SSSR count). The number of alkyl halides is 2. The lowest BCUT2D eigenvalue weighted by Gasteiger charge is -2.37. The molecule has 0 bridgehead atoms. The molecule has 4 fully saturated rings. The van der Waals surface area contributed by atoms with Crippen LogP contribution in [0.2, 0.25) is 0 Å². The standard InChI is InChI=1S/C22H26F2N4O.C11H13F2N.C11H15N3O2.ClH/c1-26-13-15-27(16-14-26)20-8-4-7-19(25-20)21(29)28-11-9-22(24,10-12-28)17-5-2-3-6-18(17)23;12-10-4-2-1-3-9(10)11(13)5-7-14-8-6-11;1-13-5-7-14(8-6-13)10-4-2-3-9(12-10)11(15)16;/h2-8H,9-16H2,1H3;1-4,14H,5-8H2;2-4H,5-8H2,1H3,(H,15,16);1H. The van der Waals surface area contributed by atoms with Gasteiger partial charge in [-0.05, 0) is 76.4 Å². The molecule has 0 aliphatic carbocycles. The maximum Gasteiger partial charge on any atom is 0.354 e. The Bertz CT molecular complexity index is 2020. The van der Waals surface area contributed by atoms with Crippen LogP contribution in [-0.2, 0) is 11.3 Å². The number of carbonyl (C=O) groups is 2. The van der Waals surface area contributed by atoms with Crippen molar-refractivity contribution in [2.24, 2.45) is 0 Å². The Balaban J connectivity index is 0.000000186. The zero-order valence-corrected chi connectivity index (χ0v) is 35.0. The molecule has 60 heavy (non-hydrogen) atoms. The fourth-order valence-corrected chi connectivity index (χ4v) is 7.75. The Kier molecular flexibility index (Phi) is 16.3. The van der Waals surface area contributed by atoms with E-state index in [4.69, 9.17) is 5.11 Å². The van der Waals surface area contributed by atoms with Gasteiger partial charge in [-0.2, -0.15) is 0 Å². The van der Waals surface area contributed by atoms with E-state index < -0.39 is 28.9 Å². The summed E-state index contributed by atoms with van der Waals surface area (Å²) in [7, 11) is 4.17. The van der Waals surface area contributed by atoms with Gasteiger partial charge in [0, 0.05) is 89.4 Å². The molecule has 0 spiro atoms. The largest absolute Gasteiger partial charge is 0.477 e. The highest BCUT2D eigenvalue weighted by atomic mass is 35.5. The zero-order valence-electron chi connectivity index (χ0n) is 34.2. The number of carbonyl (C=O) groups excluding carboxylic acids is 1. The van der Waals surface area contributed by atoms with Gasteiger partial charge >= 0.3 is 5.97 Å². The molecule has 0 atom stereocenters. The van der Waals surface area contributed by atoms with E-state index in [9.17, 15) is 22.8 Å². The Hall–Kier alpha value is -4.83. The molecule has 4 saturated heterocycles. The summed E-state index contributed by atoms with van der Waals surface area (Å²) in [4.78, 5) is 42.9. The monoisotopic (exact) mass is 854 g/mol. The molecule has 2 aromatic carbocycles. The summed E-state index contributed by atoms with van der Waals surface area (Å²) in [6.07, 6.45) is 0.873. The quantitative estimate of drug-likeness (QED) is 0.212. The Morgan fingerprint density at radius 2 is 1.00 bits per heavy atom. The van der Waals surface area contributed by atoms with Crippen molar-refractivity contribution in [2.75, 3.05) is 102 Å². The number of piperidine rings is 2. The number of likely N-dealkylation sites (N-methyl/N-ethyl adjacent to an activating group) is 2. The van der Waals surface area contributed by atoms with E-state index in [0.717, 1.165) is 64.0 Å². The van der Waals surface area contributed by atoms with Crippen LogP contribution in [0.5, 0.6) is 0 Å². The molecule has 6 heterocycles. The molecule has 2 N–H and O–H groups in total. The first-order chi connectivity index (χ1) is 28.3. The second-order valence-electron chi connectivity index (χ2n) is 15.6. The van der Waals surface area contributed by atoms with Gasteiger partial charge in [-0.1, -0.05) is 48.5 Å². The van der Waals surface area contributed by atoms with Gasteiger partial charge in [-0.25, -0.2) is 32.3 Å². The van der Waals surface area contributed by atoms with Crippen molar-refractivity contribution in [1.29, 1.82) is 0 Å². The number of pyridine rings is 2. The Morgan fingerprint density at radius 1 is 0.583 bits per heavy atom. The van der Waals surface area contributed by atoms with E-state index >= 15 is 4.39 Å². The average molecular weight is 855 g/mol. The molecule has 0 radical (unpaired) electrons. The maximum absolute atomic E-state index is 15.3. The van der Waals surface area contributed by atoms with E-state index in [1.54, 1.807) is 47.4 Å². The first-order valence-electron chi connectivity index (χ1n) is 20.3. The third kappa shape index (κ3) is 11.7. The predicted molar refractivity (Wildman–Crippen MR) is 228 cm³/mol. The minimum absolute atomic E-state index is 0. The summed E-state index contributed by atoms with van der Waals surface area (Å²) in [5.41, 5.74) is -2.44. The van der Waals surface area contributed by atoms with Gasteiger partial charge in [0.2, 0.25) is 0 Å². The number of benzene rings is 2. The second-order valence-corrected chi connectivity index (χ2v) is 15.6. The molecule has 16 heteroatoms. The third-order valence-electron chi connectivity index (χ3n) is 11.5. The van der Waals surface area contributed by atoms with E-state index in [0.29, 0.717) is 31.6 Å². The van der Waals surface area contributed by atoms with Gasteiger partial charge in [0.15, 0.2) is 5.69 Å². The molecule has 324 valence electrons. The number of hydrogen-bond donors (Lipinski definition) is 2. The number of halogens is 5. The van der Waals surface area contributed by atoms with E-state index in [1.165, 1.54) is 24.3 Å². The van der Waals surface area contributed by atoms with Gasteiger partial charge in [0.1, 0.15) is 40.3 Å². The number of hydrogen-bond acceptors (Lipinski definition) is 9. The fraction of sp³-hybridized carbons (Fsp3) is 0.455. The van der Waals surface area contributed by atoms with Crippen LogP contribution in [0.1, 0.15) is 57.8 Å². The fourth-order valence-electron chi connectivity index (χ4n) is 7.75. The number of likely N-dealkylation sites (tertiary alicyclic amines) is 1. The van der Waals surface area contributed by atoms with E-state index in [2.05, 4.69) is 49.0 Å². The minimum Gasteiger partial charge on any atom is -0.477 e. The summed E-state index contributed by atoms with van der Waals surface area (Å²) in [5, 5.41) is 11.9. The van der Waals surface area contributed by atoms with Gasteiger partial charge in [0.05, 0.1) is 0 Å². The number of rotatable bonds is 6. The van der Waals surface area contributed by atoms with Crippen LogP contribution in [-0.4, -0.2) is 134 Å². The number of carboxylic acids is 1. The van der Waals surface area contributed by atoms with Crippen molar-refractivity contribution in [2.45, 2.75) is 37.0 Å². The summed E-state index contributed by atoms with van der Waals surface area (Å²) in [5.74, 6) is -0.582. The van der Waals surface area contributed by atoms with Gasteiger partial charge in [-0.3, -0.25) is 4.79 Å². The van der Waals surface area contributed by atoms with Gasteiger partial charge in [-0.15, -0.1) is 12.4 Å². The SMILES string of the molecule is CN1CCN(c2cccc(C(=O)N3CCC(F)(c4ccccc4F)CC3)n2)CC1.CN1CCN(c2cccc(C(=O)O)n2)CC1.Cl.Fc1ccccc1C1(F)CCNCC1. The molecule has 0 unspecified atom stereocenters. The molecule has 4 aliphatic rings. The molecule has 0 saturated carbocycles. The molecule has 1 amide bonds. The van der Waals surface area contributed by atoms with Crippen LogP contribution in [0.15, 0.2) is 84.9 Å². The number of aromatic carboxylic acids is 1. The first-order valence-corrected chi connectivity index (χ1v) is 20.3. The van der Waals surface area contributed by atoms with Crippen LogP contribution < -0.4 is 15.1 Å². The minimum atomic E-state index is -1.74. The molecule has 2 aromatic heterocycles. The predicted octanol–water partition coefficient (Wildman–Crippen LogP) is 6.40. The molecule has 4 aliphatic heterocycles. The van der Waals surface area contributed by atoms with Crippen LogP contribution in [0.4, 0.5) is 29.2 Å². The average Bonchev–Trinajstić information content (AvgIpc) is 3.25. The lowest BCUT2D eigenvalue weighted by molar-refractivity contribution is 0.0402. The summed E-state index contributed by atoms with van der Waals surface area (Å²) in [6, 6.07) is 22.7.